The summed E-state index contributed by atoms with van der Waals surface area (Å²) in [6, 6.07) is 4.73. The first-order chi connectivity index (χ1) is 8.28. The molecular weight excluding hydrogens is 219 g/mol. The van der Waals surface area contributed by atoms with E-state index < -0.39 is 0 Å². The Morgan fingerprint density at radius 1 is 1.35 bits per heavy atom. The zero-order valence-corrected chi connectivity index (χ0v) is 9.50. The Bertz CT molecular complexity index is 455. The van der Waals surface area contributed by atoms with Crippen LogP contribution < -0.4 is 10.6 Å². The SMILES string of the molecule is O=CC1Nc2cccc(F)c2C12CCNCC2. The average molecular weight is 234 g/mol. The predicted octanol–water partition coefficient (Wildman–Crippen LogP) is 1.44. The van der Waals surface area contributed by atoms with E-state index in [0.717, 1.165) is 37.9 Å². The van der Waals surface area contributed by atoms with Crippen LogP contribution in [0.15, 0.2) is 18.2 Å². The number of fused-ring (bicyclic) bond motifs is 2. The fourth-order valence-corrected chi connectivity index (χ4v) is 3.21. The van der Waals surface area contributed by atoms with E-state index in [1.165, 1.54) is 6.07 Å². The van der Waals surface area contributed by atoms with Crippen molar-refractivity contribution in [2.45, 2.75) is 24.3 Å². The lowest BCUT2D eigenvalue weighted by atomic mass is 9.70. The number of anilines is 1. The second-order valence-corrected chi connectivity index (χ2v) is 4.83. The highest BCUT2D eigenvalue weighted by Gasteiger charge is 2.48. The van der Waals surface area contributed by atoms with Crippen LogP contribution in [0, 0.1) is 5.82 Å². The van der Waals surface area contributed by atoms with Gasteiger partial charge in [0.2, 0.25) is 0 Å². The first-order valence-corrected chi connectivity index (χ1v) is 5.99. The van der Waals surface area contributed by atoms with E-state index in [4.69, 9.17) is 0 Å². The van der Waals surface area contributed by atoms with Gasteiger partial charge < -0.3 is 15.4 Å². The molecule has 3 nitrogen and oxygen atoms in total. The molecule has 3 rings (SSSR count). The summed E-state index contributed by atoms with van der Waals surface area (Å²) in [5.74, 6) is -0.193. The maximum atomic E-state index is 14.1. The van der Waals surface area contributed by atoms with Gasteiger partial charge in [-0.25, -0.2) is 4.39 Å². The van der Waals surface area contributed by atoms with Crippen LogP contribution in [0.3, 0.4) is 0 Å². The van der Waals surface area contributed by atoms with E-state index in [1.807, 2.05) is 6.07 Å². The minimum atomic E-state index is -0.353. The van der Waals surface area contributed by atoms with E-state index in [9.17, 15) is 9.18 Å². The van der Waals surface area contributed by atoms with Crippen molar-refractivity contribution in [2.75, 3.05) is 18.4 Å². The number of aldehydes is 1. The lowest BCUT2D eigenvalue weighted by Crippen LogP contribution is -2.48. The summed E-state index contributed by atoms with van der Waals surface area (Å²) >= 11 is 0. The summed E-state index contributed by atoms with van der Waals surface area (Å²) < 4.78 is 14.1. The van der Waals surface area contributed by atoms with Crippen molar-refractivity contribution in [1.82, 2.24) is 5.32 Å². The van der Waals surface area contributed by atoms with Crippen LogP contribution in [0.25, 0.3) is 0 Å². The molecule has 0 aliphatic carbocycles. The molecule has 0 aromatic heterocycles. The number of rotatable bonds is 1. The largest absolute Gasteiger partial charge is 0.374 e. The first kappa shape index (κ1) is 10.7. The van der Waals surface area contributed by atoms with Crippen LogP contribution in [-0.2, 0) is 10.2 Å². The monoisotopic (exact) mass is 234 g/mol. The molecule has 2 heterocycles. The lowest BCUT2D eigenvalue weighted by molar-refractivity contribution is -0.109. The van der Waals surface area contributed by atoms with E-state index in [2.05, 4.69) is 10.6 Å². The third-order valence-corrected chi connectivity index (χ3v) is 4.05. The lowest BCUT2D eigenvalue weighted by Gasteiger charge is -2.37. The predicted molar refractivity (Wildman–Crippen MR) is 63.7 cm³/mol. The molecule has 2 N–H and O–H groups in total. The van der Waals surface area contributed by atoms with Gasteiger partial charge >= 0.3 is 0 Å². The minimum Gasteiger partial charge on any atom is -0.374 e. The molecule has 1 spiro atoms. The summed E-state index contributed by atoms with van der Waals surface area (Å²) in [5, 5.41) is 6.41. The van der Waals surface area contributed by atoms with Gasteiger partial charge in [-0.2, -0.15) is 0 Å². The molecular formula is C13H15FN2O. The Kier molecular flexibility index (Phi) is 2.40. The molecule has 2 aliphatic heterocycles. The number of carbonyl (C=O) groups excluding carboxylic acids is 1. The first-order valence-electron chi connectivity index (χ1n) is 5.99. The van der Waals surface area contributed by atoms with Gasteiger partial charge in [-0.15, -0.1) is 0 Å². The van der Waals surface area contributed by atoms with Crippen molar-refractivity contribution in [3.63, 3.8) is 0 Å². The third kappa shape index (κ3) is 1.40. The van der Waals surface area contributed by atoms with Crippen molar-refractivity contribution in [1.29, 1.82) is 0 Å². The van der Waals surface area contributed by atoms with Gasteiger partial charge in [0.25, 0.3) is 0 Å². The van der Waals surface area contributed by atoms with Crippen molar-refractivity contribution < 1.29 is 9.18 Å². The van der Waals surface area contributed by atoms with Crippen LogP contribution >= 0.6 is 0 Å². The van der Waals surface area contributed by atoms with Crippen molar-refractivity contribution in [3.05, 3.63) is 29.6 Å². The highest BCUT2D eigenvalue weighted by atomic mass is 19.1. The molecule has 0 bridgehead atoms. The van der Waals surface area contributed by atoms with Gasteiger partial charge in [0.15, 0.2) is 0 Å². The molecule has 0 radical (unpaired) electrons. The van der Waals surface area contributed by atoms with Crippen molar-refractivity contribution in [2.24, 2.45) is 0 Å². The summed E-state index contributed by atoms with van der Waals surface area (Å²) in [6.45, 7) is 1.67. The molecule has 4 heteroatoms. The number of carbonyl (C=O) groups is 1. The van der Waals surface area contributed by atoms with Gasteiger partial charge in [0.05, 0.1) is 6.04 Å². The van der Waals surface area contributed by atoms with Gasteiger partial charge in [-0.3, -0.25) is 0 Å². The van der Waals surface area contributed by atoms with Crippen molar-refractivity contribution in [3.8, 4) is 0 Å². The molecule has 0 amide bonds. The van der Waals surface area contributed by atoms with Crippen LogP contribution in [-0.4, -0.2) is 25.4 Å². The second-order valence-electron chi connectivity index (χ2n) is 4.83. The summed E-state index contributed by atoms with van der Waals surface area (Å²) in [5.41, 5.74) is 1.14. The molecule has 90 valence electrons. The van der Waals surface area contributed by atoms with Gasteiger partial charge in [-0.1, -0.05) is 6.07 Å². The third-order valence-electron chi connectivity index (χ3n) is 4.05. The fraction of sp³-hybridized carbons (Fsp3) is 0.462. The van der Waals surface area contributed by atoms with Crippen LogP contribution in [0.1, 0.15) is 18.4 Å². The zero-order chi connectivity index (χ0) is 11.9. The molecule has 1 unspecified atom stereocenters. The van der Waals surface area contributed by atoms with Gasteiger partial charge in [0, 0.05) is 16.7 Å². The molecule has 2 aliphatic rings. The topological polar surface area (TPSA) is 41.1 Å². The number of halogens is 1. The Balaban J connectivity index is 2.15. The van der Waals surface area contributed by atoms with Gasteiger partial charge in [0.1, 0.15) is 12.1 Å². The maximum absolute atomic E-state index is 14.1. The molecule has 1 aromatic rings. The van der Waals surface area contributed by atoms with Crippen molar-refractivity contribution >= 4 is 12.0 Å². The van der Waals surface area contributed by atoms with Crippen LogP contribution in [0.4, 0.5) is 10.1 Å². The molecule has 1 aromatic carbocycles. The number of nitrogens with one attached hydrogen (secondary N) is 2. The highest BCUT2D eigenvalue weighted by molar-refractivity contribution is 5.76. The average Bonchev–Trinajstić information content (AvgIpc) is 2.66. The normalized spacial score (nSPS) is 25.4. The Labute approximate surface area is 99.4 Å². The Hall–Kier alpha value is -1.42. The fourth-order valence-electron chi connectivity index (χ4n) is 3.21. The quantitative estimate of drug-likeness (QED) is 0.722. The molecule has 1 atom stereocenters. The summed E-state index contributed by atoms with van der Waals surface area (Å²) in [7, 11) is 0. The van der Waals surface area contributed by atoms with Crippen LogP contribution in [0.5, 0.6) is 0 Å². The standard InChI is InChI=1S/C13H15FN2O/c14-9-2-1-3-10-12(9)13(11(8-17)16-10)4-6-15-7-5-13/h1-3,8,11,15-16H,4-7H2. The van der Waals surface area contributed by atoms with E-state index >= 15 is 0 Å². The molecule has 1 saturated heterocycles. The number of piperidine rings is 1. The highest BCUT2D eigenvalue weighted by Crippen LogP contribution is 2.47. The smallest absolute Gasteiger partial charge is 0.143 e. The second kappa shape index (κ2) is 3.81. The Morgan fingerprint density at radius 2 is 2.12 bits per heavy atom. The van der Waals surface area contributed by atoms with Gasteiger partial charge in [-0.05, 0) is 38.1 Å². The number of benzene rings is 1. The maximum Gasteiger partial charge on any atom is 0.143 e. The Morgan fingerprint density at radius 3 is 2.82 bits per heavy atom. The number of hydrogen-bond acceptors (Lipinski definition) is 3. The van der Waals surface area contributed by atoms with E-state index in [0.29, 0.717) is 5.56 Å². The minimum absolute atomic E-state index is 0.193. The summed E-state index contributed by atoms with van der Waals surface area (Å²) in [4.78, 5) is 11.3. The molecule has 1 fully saturated rings. The molecule has 0 saturated carbocycles. The molecule has 17 heavy (non-hydrogen) atoms. The number of hydrogen-bond donors (Lipinski definition) is 2. The van der Waals surface area contributed by atoms with E-state index in [1.54, 1.807) is 6.07 Å². The summed E-state index contributed by atoms with van der Waals surface area (Å²) in [6.07, 6.45) is 2.53. The zero-order valence-electron chi connectivity index (χ0n) is 9.50. The van der Waals surface area contributed by atoms with E-state index in [-0.39, 0.29) is 17.3 Å². The van der Waals surface area contributed by atoms with Crippen LogP contribution in [0.2, 0.25) is 0 Å².